The summed E-state index contributed by atoms with van der Waals surface area (Å²) >= 11 is 7.39. The number of benzene rings is 1. The van der Waals surface area contributed by atoms with Crippen LogP contribution in [0.15, 0.2) is 40.8 Å². The average Bonchev–Trinajstić information content (AvgIpc) is 2.43. The predicted molar refractivity (Wildman–Crippen MR) is 83.6 cm³/mol. The van der Waals surface area contributed by atoms with Crippen molar-refractivity contribution >= 4 is 34.3 Å². The van der Waals surface area contributed by atoms with Gasteiger partial charge in [0.05, 0.1) is 10.9 Å². The van der Waals surface area contributed by atoms with Crippen LogP contribution < -0.4 is 5.56 Å². The fraction of sp³-hybridized carbons (Fsp3) is 0.286. The van der Waals surface area contributed by atoms with Gasteiger partial charge in [-0.2, -0.15) is 0 Å². The highest BCUT2D eigenvalue weighted by atomic mass is 35.5. The van der Waals surface area contributed by atoms with Gasteiger partial charge in [0.25, 0.3) is 5.56 Å². The Balaban J connectivity index is 2.54. The molecule has 1 aromatic carbocycles. The van der Waals surface area contributed by atoms with Crippen molar-refractivity contribution in [2.24, 2.45) is 0 Å². The van der Waals surface area contributed by atoms with Crippen molar-refractivity contribution in [2.45, 2.75) is 18.1 Å². The van der Waals surface area contributed by atoms with Crippen LogP contribution >= 0.6 is 23.4 Å². The van der Waals surface area contributed by atoms with Gasteiger partial charge in [-0.1, -0.05) is 29.4 Å². The molecule has 20 heavy (non-hydrogen) atoms. The molecule has 0 atom stereocenters. The van der Waals surface area contributed by atoms with E-state index in [4.69, 9.17) is 16.7 Å². The van der Waals surface area contributed by atoms with Gasteiger partial charge >= 0.3 is 0 Å². The Morgan fingerprint density at radius 1 is 1.50 bits per heavy atom. The Labute approximate surface area is 126 Å². The summed E-state index contributed by atoms with van der Waals surface area (Å²) in [7, 11) is 0. The van der Waals surface area contributed by atoms with Crippen molar-refractivity contribution in [3.8, 4) is 0 Å². The molecular formula is C14H15ClN2O2S. The molecular weight excluding hydrogens is 296 g/mol. The number of hydrogen-bond donors (Lipinski definition) is 1. The average molecular weight is 311 g/mol. The number of aliphatic hydroxyl groups excluding tert-OH is 1. The first-order valence-electron chi connectivity index (χ1n) is 6.22. The van der Waals surface area contributed by atoms with Crippen molar-refractivity contribution in [1.82, 2.24) is 9.55 Å². The van der Waals surface area contributed by atoms with Gasteiger partial charge in [-0.25, -0.2) is 4.98 Å². The van der Waals surface area contributed by atoms with Gasteiger partial charge in [0.1, 0.15) is 0 Å². The highest BCUT2D eigenvalue weighted by molar-refractivity contribution is 7.99. The first-order valence-corrected chi connectivity index (χ1v) is 7.58. The summed E-state index contributed by atoms with van der Waals surface area (Å²) in [5.41, 5.74) is 0.493. The second-order valence-corrected chi connectivity index (χ2v) is 5.68. The van der Waals surface area contributed by atoms with Crippen LogP contribution in [0.3, 0.4) is 0 Å². The lowest BCUT2D eigenvalue weighted by molar-refractivity contribution is 0.296. The Morgan fingerprint density at radius 2 is 2.30 bits per heavy atom. The molecule has 6 heteroatoms. The molecule has 2 rings (SSSR count). The van der Waals surface area contributed by atoms with Gasteiger partial charge in [-0.3, -0.25) is 9.36 Å². The van der Waals surface area contributed by atoms with E-state index >= 15 is 0 Å². The molecule has 0 bridgehead atoms. The zero-order chi connectivity index (χ0) is 14.5. The van der Waals surface area contributed by atoms with E-state index in [-0.39, 0.29) is 12.2 Å². The highest BCUT2D eigenvalue weighted by Gasteiger charge is 2.10. The van der Waals surface area contributed by atoms with Gasteiger partial charge in [-0.05, 0) is 24.6 Å². The summed E-state index contributed by atoms with van der Waals surface area (Å²) in [6.07, 6.45) is 2.32. The second-order valence-electron chi connectivity index (χ2n) is 4.19. The van der Waals surface area contributed by atoms with E-state index in [0.29, 0.717) is 39.8 Å². The first-order chi connectivity index (χ1) is 9.67. The summed E-state index contributed by atoms with van der Waals surface area (Å²) < 4.78 is 1.59. The number of hydrogen-bond acceptors (Lipinski definition) is 4. The molecule has 1 N–H and O–H groups in total. The molecule has 0 radical (unpaired) electrons. The lowest BCUT2D eigenvalue weighted by atomic mass is 10.2. The van der Waals surface area contributed by atoms with Gasteiger partial charge in [0.2, 0.25) is 0 Å². The van der Waals surface area contributed by atoms with Crippen LogP contribution in [-0.2, 0) is 6.54 Å². The fourth-order valence-corrected chi connectivity index (χ4v) is 2.90. The second kappa shape index (κ2) is 6.92. The van der Waals surface area contributed by atoms with Crippen LogP contribution in [0.2, 0.25) is 5.02 Å². The third-order valence-corrected chi connectivity index (χ3v) is 4.03. The van der Waals surface area contributed by atoms with E-state index in [1.807, 2.05) is 0 Å². The van der Waals surface area contributed by atoms with Gasteiger partial charge < -0.3 is 5.11 Å². The predicted octanol–water partition coefficient (Wildman–Crippen LogP) is 2.71. The molecule has 0 aliphatic heterocycles. The SMILES string of the molecule is C=CCn1c(SCCCO)nc2cc(Cl)ccc2c1=O. The van der Waals surface area contributed by atoms with Crippen LogP contribution in [0, 0.1) is 0 Å². The number of aliphatic hydroxyl groups is 1. The molecule has 106 valence electrons. The minimum Gasteiger partial charge on any atom is -0.396 e. The van der Waals surface area contributed by atoms with E-state index in [1.165, 1.54) is 11.8 Å². The summed E-state index contributed by atoms with van der Waals surface area (Å²) in [5, 5.41) is 10.6. The molecule has 0 amide bonds. The monoisotopic (exact) mass is 310 g/mol. The smallest absolute Gasteiger partial charge is 0.262 e. The van der Waals surface area contributed by atoms with Crippen LogP contribution in [0.4, 0.5) is 0 Å². The van der Waals surface area contributed by atoms with E-state index in [1.54, 1.807) is 28.8 Å². The van der Waals surface area contributed by atoms with Crippen LogP contribution in [0.5, 0.6) is 0 Å². The molecule has 0 aliphatic carbocycles. The Kier molecular flexibility index (Phi) is 5.23. The third kappa shape index (κ3) is 3.23. The number of rotatable bonds is 6. The topological polar surface area (TPSA) is 55.1 Å². The maximum absolute atomic E-state index is 12.5. The largest absolute Gasteiger partial charge is 0.396 e. The van der Waals surface area contributed by atoms with Crippen molar-refractivity contribution < 1.29 is 5.11 Å². The maximum Gasteiger partial charge on any atom is 0.262 e. The van der Waals surface area contributed by atoms with E-state index in [9.17, 15) is 4.79 Å². The normalized spacial score (nSPS) is 10.9. The van der Waals surface area contributed by atoms with E-state index in [0.717, 1.165) is 0 Å². The quantitative estimate of drug-likeness (QED) is 0.386. The van der Waals surface area contributed by atoms with Crippen LogP contribution in [0.1, 0.15) is 6.42 Å². The molecule has 2 aromatic rings. The molecule has 0 fully saturated rings. The number of halogens is 1. The fourth-order valence-electron chi connectivity index (χ4n) is 1.80. The number of fused-ring (bicyclic) bond motifs is 1. The van der Waals surface area contributed by atoms with Crippen molar-refractivity contribution in [3.05, 3.63) is 46.2 Å². The molecule has 0 unspecified atom stereocenters. The molecule has 0 saturated heterocycles. The van der Waals surface area contributed by atoms with Gasteiger partial charge in [0.15, 0.2) is 5.16 Å². The zero-order valence-corrected chi connectivity index (χ0v) is 12.5. The van der Waals surface area contributed by atoms with Crippen LogP contribution in [0.25, 0.3) is 10.9 Å². The summed E-state index contributed by atoms with van der Waals surface area (Å²) in [4.78, 5) is 17.0. The first kappa shape index (κ1) is 15.1. The van der Waals surface area contributed by atoms with Crippen molar-refractivity contribution in [1.29, 1.82) is 0 Å². The Bertz CT molecular complexity index is 685. The van der Waals surface area contributed by atoms with Gasteiger partial charge in [0, 0.05) is 23.9 Å². The molecule has 1 heterocycles. The molecule has 0 spiro atoms. The van der Waals surface area contributed by atoms with Crippen molar-refractivity contribution in [3.63, 3.8) is 0 Å². The standard InChI is InChI=1S/C14H15ClN2O2S/c1-2-6-17-13(19)11-5-4-10(15)9-12(11)16-14(17)20-8-3-7-18/h2,4-5,9,18H,1,3,6-8H2. The molecule has 4 nitrogen and oxygen atoms in total. The molecule has 0 saturated carbocycles. The highest BCUT2D eigenvalue weighted by Crippen LogP contribution is 2.20. The Hall–Kier alpha value is -1.30. The lowest BCUT2D eigenvalue weighted by Crippen LogP contribution is -2.22. The number of thioether (sulfide) groups is 1. The minimum atomic E-state index is -0.0990. The number of nitrogens with zero attached hydrogens (tertiary/aromatic N) is 2. The zero-order valence-electron chi connectivity index (χ0n) is 10.9. The molecule has 1 aromatic heterocycles. The lowest BCUT2D eigenvalue weighted by Gasteiger charge is -2.11. The van der Waals surface area contributed by atoms with E-state index < -0.39 is 0 Å². The van der Waals surface area contributed by atoms with Gasteiger partial charge in [-0.15, -0.1) is 6.58 Å². The minimum absolute atomic E-state index is 0.0990. The van der Waals surface area contributed by atoms with E-state index in [2.05, 4.69) is 11.6 Å². The van der Waals surface area contributed by atoms with Crippen LogP contribution in [-0.4, -0.2) is 27.0 Å². The summed E-state index contributed by atoms with van der Waals surface area (Å²) in [6, 6.07) is 5.06. The summed E-state index contributed by atoms with van der Waals surface area (Å²) in [6.45, 7) is 4.20. The number of allylic oxidation sites excluding steroid dienone is 1. The Morgan fingerprint density at radius 3 is 3.00 bits per heavy atom. The summed E-state index contributed by atoms with van der Waals surface area (Å²) in [5.74, 6) is 0.701. The third-order valence-electron chi connectivity index (χ3n) is 2.73. The number of aromatic nitrogens is 2. The molecule has 0 aliphatic rings. The van der Waals surface area contributed by atoms with Crippen molar-refractivity contribution in [2.75, 3.05) is 12.4 Å². The maximum atomic E-state index is 12.5.